The number of carboxylic acids is 1. The van der Waals surface area contributed by atoms with Gasteiger partial charge in [-0.25, -0.2) is 4.79 Å². The minimum Gasteiger partial charge on any atom is -0.479 e. The largest absolute Gasteiger partial charge is 0.479 e. The summed E-state index contributed by atoms with van der Waals surface area (Å²) in [6.45, 7) is 5.44. The van der Waals surface area contributed by atoms with E-state index in [1.54, 1.807) is 26.0 Å². The summed E-state index contributed by atoms with van der Waals surface area (Å²) in [6.07, 6.45) is 5.43. The summed E-state index contributed by atoms with van der Waals surface area (Å²) in [5.41, 5.74) is -0.403. The molecule has 1 heterocycles. The van der Waals surface area contributed by atoms with Gasteiger partial charge in [-0.15, -0.1) is 0 Å². The van der Waals surface area contributed by atoms with Crippen LogP contribution in [0.3, 0.4) is 0 Å². The Morgan fingerprint density at radius 3 is 2.81 bits per heavy atom. The predicted octanol–water partition coefficient (Wildman–Crippen LogP) is 1.87. The fourth-order valence-electron chi connectivity index (χ4n) is 2.26. The van der Waals surface area contributed by atoms with Gasteiger partial charge in [0.1, 0.15) is 6.10 Å². The van der Waals surface area contributed by atoms with Gasteiger partial charge >= 0.3 is 5.97 Å². The van der Waals surface area contributed by atoms with Crippen LogP contribution in [-0.4, -0.2) is 28.6 Å². The van der Waals surface area contributed by atoms with Crippen molar-refractivity contribution < 1.29 is 19.4 Å². The number of carbonyl (C=O) groups is 1. The molecule has 0 spiro atoms. The Balaban J connectivity index is 2.46. The highest BCUT2D eigenvalue weighted by Gasteiger charge is 2.58. The molecule has 2 aliphatic rings. The molecule has 0 saturated carbocycles. The van der Waals surface area contributed by atoms with Gasteiger partial charge in [-0.3, -0.25) is 0 Å². The zero-order valence-corrected chi connectivity index (χ0v) is 9.69. The maximum atomic E-state index is 11.4. The van der Waals surface area contributed by atoms with Crippen LogP contribution in [-0.2, 0) is 14.3 Å². The fraction of sp³-hybridized carbons (Fsp3) is 0.583. The van der Waals surface area contributed by atoms with Gasteiger partial charge < -0.3 is 14.6 Å². The van der Waals surface area contributed by atoms with Crippen molar-refractivity contribution >= 4 is 5.97 Å². The first kappa shape index (κ1) is 11.4. The number of aliphatic carboxylic acids is 1. The summed E-state index contributed by atoms with van der Waals surface area (Å²) in [5, 5.41) is 9.36. The average Bonchev–Trinajstić information content (AvgIpc) is 2.48. The summed E-state index contributed by atoms with van der Waals surface area (Å²) < 4.78 is 11.3. The molecule has 0 aromatic carbocycles. The summed E-state index contributed by atoms with van der Waals surface area (Å²) in [7, 11) is 0. The lowest BCUT2D eigenvalue weighted by molar-refractivity contribution is -0.177. The van der Waals surface area contributed by atoms with E-state index in [9.17, 15) is 9.90 Å². The van der Waals surface area contributed by atoms with E-state index < -0.39 is 23.5 Å². The van der Waals surface area contributed by atoms with Crippen molar-refractivity contribution in [3.05, 3.63) is 23.8 Å². The van der Waals surface area contributed by atoms with Crippen molar-refractivity contribution in [3.8, 4) is 0 Å². The molecule has 88 valence electrons. The molecule has 0 aromatic rings. The molecule has 0 unspecified atom stereocenters. The molecule has 1 saturated heterocycles. The first-order chi connectivity index (χ1) is 7.41. The van der Waals surface area contributed by atoms with Crippen molar-refractivity contribution in [2.24, 2.45) is 0 Å². The molecule has 4 nitrogen and oxygen atoms in total. The number of allylic oxidation sites excluding steroid dienone is 2. The van der Waals surface area contributed by atoms with Crippen molar-refractivity contribution in [3.63, 3.8) is 0 Å². The summed E-state index contributed by atoms with van der Waals surface area (Å²) >= 11 is 0. The summed E-state index contributed by atoms with van der Waals surface area (Å²) in [5.74, 6) is -1.87. The van der Waals surface area contributed by atoms with E-state index in [2.05, 4.69) is 0 Å². The predicted molar refractivity (Wildman–Crippen MR) is 57.9 cm³/mol. The lowest BCUT2D eigenvalue weighted by Gasteiger charge is -2.28. The summed E-state index contributed by atoms with van der Waals surface area (Å²) in [4.78, 5) is 11.4. The van der Waals surface area contributed by atoms with Crippen molar-refractivity contribution in [1.82, 2.24) is 0 Å². The van der Waals surface area contributed by atoms with Gasteiger partial charge in [0.15, 0.2) is 5.79 Å². The zero-order chi connectivity index (χ0) is 12.0. The van der Waals surface area contributed by atoms with Gasteiger partial charge in [0.25, 0.3) is 0 Å². The lowest BCUT2D eigenvalue weighted by atomic mass is 9.85. The average molecular weight is 224 g/mol. The van der Waals surface area contributed by atoms with Crippen LogP contribution in [0.15, 0.2) is 23.8 Å². The van der Waals surface area contributed by atoms with E-state index in [-0.39, 0.29) is 0 Å². The molecule has 0 aromatic heterocycles. The molecule has 1 fully saturated rings. The number of hydrogen-bond donors (Lipinski definition) is 1. The minimum absolute atomic E-state index is 0.519. The normalized spacial score (nSPS) is 35.7. The third-order valence-electron chi connectivity index (χ3n) is 2.94. The molecule has 2 rings (SSSR count). The van der Waals surface area contributed by atoms with Crippen LogP contribution in [0.2, 0.25) is 0 Å². The quantitative estimate of drug-likeness (QED) is 0.778. The maximum Gasteiger partial charge on any atom is 0.343 e. The van der Waals surface area contributed by atoms with Crippen molar-refractivity contribution in [2.75, 3.05) is 0 Å². The molecule has 0 radical (unpaired) electrons. The van der Waals surface area contributed by atoms with Crippen LogP contribution >= 0.6 is 0 Å². The van der Waals surface area contributed by atoms with Crippen LogP contribution < -0.4 is 0 Å². The summed E-state index contributed by atoms with van der Waals surface area (Å²) in [6, 6.07) is 0. The maximum absolute atomic E-state index is 11.4. The van der Waals surface area contributed by atoms with Crippen molar-refractivity contribution in [1.29, 1.82) is 0 Å². The Kier molecular flexibility index (Phi) is 2.44. The number of rotatable bonds is 2. The van der Waals surface area contributed by atoms with Crippen LogP contribution in [0.25, 0.3) is 0 Å². The smallest absolute Gasteiger partial charge is 0.343 e. The van der Waals surface area contributed by atoms with E-state index in [0.29, 0.717) is 0 Å². The fourth-order valence-corrected chi connectivity index (χ4v) is 2.26. The van der Waals surface area contributed by atoms with E-state index in [0.717, 1.165) is 12.0 Å². The second-order valence-electron chi connectivity index (χ2n) is 4.55. The highest BCUT2D eigenvalue weighted by molar-refractivity contribution is 5.83. The molecular formula is C12H16O4. The van der Waals surface area contributed by atoms with Gasteiger partial charge in [-0.2, -0.15) is 0 Å². The lowest BCUT2D eigenvalue weighted by Crippen LogP contribution is -2.48. The highest BCUT2D eigenvalue weighted by Crippen LogP contribution is 2.43. The second-order valence-corrected chi connectivity index (χ2v) is 4.55. The third-order valence-corrected chi connectivity index (χ3v) is 2.94. The van der Waals surface area contributed by atoms with Gasteiger partial charge in [0, 0.05) is 0 Å². The van der Waals surface area contributed by atoms with Crippen LogP contribution in [0, 0.1) is 0 Å². The Labute approximate surface area is 94.5 Å². The van der Waals surface area contributed by atoms with E-state index in [1.165, 1.54) is 0 Å². The molecule has 4 heteroatoms. The molecular weight excluding hydrogens is 208 g/mol. The highest BCUT2D eigenvalue weighted by atomic mass is 16.8. The first-order valence-electron chi connectivity index (χ1n) is 5.41. The number of carboxylic acid groups (broad SMARTS) is 1. The van der Waals surface area contributed by atoms with Gasteiger partial charge in [-0.1, -0.05) is 19.1 Å². The SMILES string of the molecule is CCC1=CC=C[C@]2(C(=O)O)OC(C)(C)O[C@H]12. The molecule has 0 bridgehead atoms. The van der Waals surface area contributed by atoms with Crippen LogP contribution in [0.5, 0.6) is 0 Å². The second kappa shape index (κ2) is 3.43. The molecule has 16 heavy (non-hydrogen) atoms. The molecule has 1 aliphatic heterocycles. The monoisotopic (exact) mass is 224 g/mol. The Morgan fingerprint density at radius 2 is 2.25 bits per heavy atom. The van der Waals surface area contributed by atoms with Crippen LogP contribution in [0.1, 0.15) is 27.2 Å². The Hall–Kier alpha value is -1.13. The van der Waals surface area contributed by atoms with E-state index >= 15 is 0 Å². The number of fused-ring (bicyclic) bond motifs is 1. The van der Waals surface area contributed by atoms with Gasteiger partial charge in [0.05, 0.1) is 0 Å². The third kappa shape index (κ3) is 1.49. The Morgan fingerprint density at radius 1 is 1.56 bits per heavy atom. The molecule has 2 atom stereocenters. The van der Waals surface area contributed by atoms with Crippen molar-refractivity contribution in [2.45, 2.75) is 44.7 Å². The Bertz CT molecular complexity index is 380. The molecule has 1 aliphatic carbocycles. The standard InChI is InChI=1S/C12H16O4/c1-4-8-6-5-7-12(10(13)14)9(8)15-11(2,3)16-12/h5-7,9H,4H2,1-3H3,(H,13,14)/t9-,12+/m1/s1. The first-order valence-corrected chi connectivity index (χ1v) is 5.41. The van der Waals surface area contributed by atoms with E-state index in [1.807, 2.05) is 13.0 Å². The van der Waals surface area contributed by atoms with Gasteiger partial charge in [-0.05, 0) is 31.9 Å². The number of ether oxygens (including phenoxy) is 2. The molecule has 1 N–H and O–H groups in total. The van der Waals surface area contributed by atoms with E-state index in [4.69, 9.17) is 9.47 Å². The minimum atomic E-state index is -1.36. The topological polar surface area (TPSA) is 55.8 Å². The molecule has 0 amide bonds. The van der Waals surface area contributed by atoms with Crippen LogP contribution in [0.4, 0.5) is 0 Å². The van der Waals surface area contributed by atoms with Gasteiger partial charge in [0.2, 0.25) is 5.60 Å². The number of hydrogen-bond acceptors (Lipinski definition) is 3. The zero-order valence-electron chi connectivity index (χ0n) is 9.69.